The fourth-order valence-corrected chi connectivity index (χ4v) is 4.51. The molecule has 0 spiro atoms. The van der Waals surface area contributed by atoms with Crippen molar-refractivity contribution in [1.29, 1.82) is 0 Å². The molecule has 2 aromatic carbocycles. The zero-order valence-corrected chi connectivity index (χ0v) is 21.6. The lowest BCUT2D eigenvalue weighted by molar-refractivity contribution is -0.120. The Bertz CT molecular complexity index is 1450. The molecule has 0 radical (unpaired) electrons. The zero-order chi connectivity index (χ0) is 27.4. The van der Waals surface area contributed by atoms with E-state index in [1.807, 2.05) is 26.0 Å². The Hall–Kier alpha value is -4.66. The molecule has 0 aliphatic heterocycles. The van der Waals surface area contributed by atoms with E-state index in [1.165, 1.54) is 26.4 Å². The molecule has 0 bridgehead atoms. The highest BCUT2D eigenvalue weighted by atomic mass is 19.1. The molecule has 1 heterocycles. The van der Waals surface area contributed by atoms with E-state index in [2.05, 4.69) is 15.6 Å². The van der Waals surface area contributed by atoms with Crippen molar-refractivity contribution in [3.8, 4) is 11.5 Å². The second-order valence-corrected chi connectivity index (χ2v) is 8.90. The van der Waals surface area contributed by atoms with Crippen molar-refractivity contribution >= 4 is 34.8 Å². The average Bonchev–Trinajstić information content (AvgIpc) is 3.13. The molecular formula is C29H29FN4O4. The number of benzene rings is 2. The van der Waals surface area contributed by atoms with E-state index in [1.54, 1.807) is 30.6 Å². The molecule has 9 heteroatoms. The largest absolute Gasteiger partial charge is 0.494 e. The van der Waals surface area contributed by atoms with Gasteiger partial charge in [-0.1, -0.05) is 6.07 Å². The van der Waals surface area contributed by atoms with Crippen LogP contribution in [0.15, 0.2) is 54.4 Å². The number of allylic oxidation sites excluding steroid dienone is 2. The number of ether oxygens (including phenoxy) is 2. The number of hydrogen-bond acceptors (Lipinski definition) is 5. The summed E-state index contributed by atoms with van der Waals surface area (Å²) < 4.78 is 25.2. The standard InChI is InChI=1S/C29H29FN4O4/c1-16-7-8-32-14-19(16)15-33-27(35)13-23-17(2)22(21-6-5-20(30)12-24(21)23)9-18-10-25(37-3)28(34-29(31)36)26(11-18)38-4/h5-12,14H,13,15H2,1-4H3,(H,33,35)(H3,31,34,36)/b22-9-. The van der Waals surface area contributed by atoms with Crippen LogP contribution in [0, 0.1) is 12.7 Å². The maximum atomic E-state index is 14.3. The van der Waals surface area contributed by atoms with Gasteiger partial charge in [-0.25, -0.2) is 9.18 Å². The summed E-state index contributed by atoms with van der Waals surface area (Å²) in [6.45, 7) is 4.23. The maximum Gasteiger partial charge on any atom is 0.316 e. The second-order valence-electron chi connectivity index (χ2n) is 8.90. The number of nitrogens with two attached hydrogens (primary N) is 1. The third-order valence-electron chi connectivity index (χ3n) is 6.50. The monoisotopic (exact) mass is 516 g/mol. The number of urea groups is 1. The molecule has 1 aromatic heterocycles. The molecule has 196 valence electrons. The predicted molar refractivity (Wildman–Crippen MR) is 145 cm³/mol. The first-order chi connectivity index (χ1) is 18.2. The minimum absolute atomic E-state index is 0.0903. The first-order valence-corrected chi connectivity index (χ1v) is 11.9. The van der Waals surface area contributed by atoms with Crippen LogP contribution in [0.5, 0.6) is 11.5 Å². The molecule has 3 amide bonds. The first kappa shape index (κ1) is 26.4. The van der Waals surface area contributed by atoms with Gasteiger partial charge >= 0.3 is 6.03 Å². The Balaban J connectivity index is 1.69. The zero-order valence-electron chi connectivity index (χ0n) is 21.6. The SMILES string of the molecule is COc1cc(/C=C2/C(C)=C(CC(=O)NCc3cnccc3C)c3cc(F)ccc32)cc(OC)c1NC(N)=O. The van der Waals surface area contributed by atoms with E-state index in [0.717, 1.165) is 39.0 Å². The Kier molecular flexibility index (Phi) is 7.76. The lowest BCUT2D eigenvalue weighted by Gasteiger charge is -2.15. The number of fused-ring (bicyclic) bond motifs is 1. The number of nitrogens with zero attached hydrogens (tertiary/aromatic N) is 1. The minimum atomic E-state index is -0.750. The second kappa shape index (κ2) is 11.2. The van der Waals surface area contributed by atoms with Crippen molar-refractivity contribution in [2.24, 2.45) is 5.73 Å². The van der Waals surface area contributed by atoms with Gasteiger partial charge in [0.15, 0.2) is 0 Å². The van der Waals surface area contributed by atoms with Gasteiger partial charge in [0.1, 0.15) is 23.0 Å². The number of methoxy groups -OCH3 is 2. The van der Waals surface area contributed by atoms with Gasteiger partial charge in [-0.3, -0.25) is 9.78 Å². The van der Waals surface area contributed by atoms with E-state index in [4.69, 9.17) is 15.2 Å². The number of anilines is 1. The highest BCUT2D eigenvalue weighted by Crippen LogP contribution is 2.45. The van der Waals surface area contributed by atoms with Crippen molar-refractivity contribution in [3.05, 3.63) is 88.0 Å². The Morgan fingerprint density at radius 1 is 1.05 bits per heavy atom. The van der Waals surface area contributed by atoms with Gasteiger partial charge in [0.25, 0.3) is 0 Å². The maximum absolute atomic E-state index is 14.3. The summed E-state index contributed by atoms with van der Waals surface area (Å²) in [5.41, 5.74) is 12.2. The molecule has 1 aliphatic carbocycles. The van der Waals surface area contributed by atoms with Gasteiger partial charge in [-0.05, 0) is 94.8 Å². The molecule has 3 aromatic rings. The van der Waals surface area contributed by atoms with E-state index >= 15 is 0 Å². The van der Waals surface area contributed by atoms with Crippen LogP contribution in [0.3, 0.4) is 0 Å². The van der Waals surface area contributed by atoms with E-state index in [9.17, 15) is 14.0 Å². The number of aromatic nitrogens is 1. The molecule has 38 heavy (non-hydrogen) atoms. The van der Waals surface area contributed by atoms with Crippen LogP contribution in [-0.2, 0) is 11.3 Å². The summed E-state index contributed by atoms with van der Waals surface area (Å²) >= 11 is 0. The van der Waals surface area contributed by atoms with Gasteiger partial charge in [0, 0.05) is 18.9 Å². The van der Waals surface area contributed by atoms with Crippen molar-refractivity contribution < 1.29 is 23.5 Å². The van der Waals surface area contributed by atoms with Crippen LogP contribution in [0.1, 0.15) is 41.2 Å². The number of pyridine rings is 1. The topological polar surface area (TPSA) is 116 Å². The summed E-state index contributed by atoms with van der Waals surface area (Å²) in [5.74, 6) is 0.162. The summed E-state index contributed by atoms with van der Waals surface area (Å²) in [6, 6.07) is 9.17. The van der Waals surface area contributed by atoms with Crippen molar-refractivity contribution in [2.75, 3.05) is 19.5 Å². The highest BCUT2D eigenvalue weighted by molar-refractivity contribution is 6.08. The Morgan fingerprint density at radius 3 is 2.39 bits per heavy atom. The number of hydrogen-bond donors (Lipinski definition) is 3. The summed E-state index contributed by atoms with van der Waals surface area (Å²) in [7, 11) is 2.95. The number of amides is 3. The van der Waals surface area contributed by atoms with Gasteiger partial charge in [-0.2, -0.15) is 0 Å². The van der Waals surface area contributed by atoms with Crippen LogP contribution in [0.25, 0.3) is 17.2 Å². The fourth-order valence-electron chi connectivity index (χ4n) is 4.51. The van der Waals surface area contributed by atoms with E-state index in [0.29, 0.717) is 29.3 Å². The van der Waals surface area contributed by atoms with E-state index in [-0.39, 0.29) is 18.1 Å². The van der Waals surface area contributed by atoms with Gasteiger partial charge in [0.05, 0.1) is 20.6 Å². The Labute approximate surface area is 220 Å². The van der Waals surface area contributed by atoms with Gasteiger partial charge in [-0.15, -0.1) is 0 Å². The molecular weight excluding hydrogens is 487 g/mol. The molecule has 1 aliphatic rings. The molecule has 0 saturated heterocycles. The van der Waals surface area contributed by atoms with Crippen LogP contribution in [0.2, 0.25) is 0 Å². The minimum Gasteiger partial charge on any atom is -0.494 e. The predicted octanol–water partition coefficient (Wildman–Crippen LogP) is 5.07. The van der Waals surface area contributed by atoms with Crippen molar-refractivity contribution in [1.82, 2.24) is 10.3 Å². The lowest BCUT2D eigenvalue weighted by atomic mass is 10.00. The number of carbonyl (C=O) groups is 2. The normalized spacial score (nSPS) is 13.3. The van der Waals surface area contributed by atoms with Gasteiger partial charge < -0.3 is 25.8 Å². The van der Waals surface area contributed by atoms with Crippen molar-refractivity contribution in [2.45, 2.75) is 26.8 Å². The number of nitrogens with one attached hydrogen (secondary N) is 2. The molecule has 0 fully saturated rings. The molecule has 0 saturated carbocycles. The van der Waals surface area contributed by atoms with Crippen LogP contribution in [-0.4, -0.2) is 31.1 Å². The first-order valence-electron chi connectivity index (χ1n) is 11.9. The van der Waals surface area contributed by atoms with Crippen LogP contribution in [0.4, 0.5) is 14.9 Å². The smallest absolute Gasteiger partial charge is 0.316 e. The van der Waals surface area contributed by atoms with E-state index < -0.39 is 6.03 Å². The summed E-state index contributed by atoms with van der Waals surface area (Å²) in [4.78, 5) is 28.5. The summed E-state index contributed by atoms with van der Waals surface area (Å²) in [6.07, 6.45) is 5.44. The van der Waals surface area contributed by atoms with Crippen LogP contribution >= 0.6 is 0 Å². The lowest BCUT2D eigenvalue weighted by Crippen LogP contribution is -2.23. The number of primary amides is 1. The average molecular weight is 517 g/mol. The quantitative estimate of drug-likeness (QED) is 0.387. The third-order valence-corrected chi connectivity index (χ3v) is 6.50. The van der Waals surface area contributed by atoms with Crippen LogP contribution < -0.4 is 25.8 Å². The number of halogens is 1. The van der Waals surface area contributed by atoms with Gasteiger partial charge in [0.2, 0.25) is 5.91 Å². The fraction of sp³-hybridized carbons (Fsp3) is 0.207. The molecule has 4 N–H and O–H groups in total. The number of carbonyl (C=O) groups excluding carboxylic acids is 2. The molecule has 0 atom stereocenters. The Morgan fingerprint density at radius 2 is 1.76 bits per heavy atom. The highest BCUT2D eigenvalue weighted by Gasteiger charge is 2.26. The molecule has 8 nitrogen and oxygen atoms in total. The number of aryl methyl sites for hydroxylation is 1. The third kappa shape index (κ3) is 5.51. The molecule has 0 unspecified atom stereocenters. The molecule has 4 rings (SSSR count). The van der Waals surface area contributed by atoms with Crippen molar-refractivity contribution in [3.63, 3.8) is 0 Å². The summed E-state index contributed by atoms with van der Waals surface area (Å²) in [5, 5.41) is 5.47. The number of rotatable bonds is 8.